The molecule has 1 aromatic heterocycles. The molecule has 0 fully saturated rings. The fourth-order valence-corrected chi connectivity index (χ4v) is 2.97. The van der Waals surface area contributed by atoms with E-state index in [1.165, 1.54) is 30.2 Å². The lowest BCUT2D eigenvalue weighted by Gasteiger charge is -2.14. The van der Waals surface area contributed by atoms with Gasteiger partial charge in [0.05, 0.1) is 13.7 Å². The van der Waals surface area contributed by atoms with Crippen LogP contribution < -0.4 is 20.1 Å². The zero-order valence-corrected chi connectivity index (χ0v) is 15.1. The first-order chi connectivity index (χ1) is 12.3. The van der Waals surface area contributed by atoms with E-state index in [9.17, 15) is 18.0 Å². The monoisotopic (exact) mass is 388 g/mol. The molecule has 0 radical (unpaired) electrons. The number of benzene rings is 1. The Morgan fingerprint density at radius 1 is 1.15 bits per heavy atom. The number of carbonyl (C=O) groups excluding carboxylic acids is 1. The van der Waals surface area contributed by atoms with E-state index in [0.717, 1.165) is 11.3 Å². The van der Waals surface area contributed by atoms with Gasteiger partial charge in [-0.3, -0.25) is 0 Å². The molecule has 0 aliphatic rings. The van der Waals surface area contributed by atoms with Crippen LogP contribution in [0.4, 0.5) is 23.7 Å². The smallest absolute Gasteiger partial charge is 0.422 e. The normalized spacial score (nSPS) is 11.1. The van der Waals surface area contributed by atoms with Crippen molar-refractivity contribution in [1.82, 2.24) is 5.32 Å². The summed E-state index contributed by atoms with van der Waals surface area (Å²) in [6, 6.07) is 7.70. The summed E-state index contributed by atoms with van der Waals surface area (Å²) in [5.41, 5.74) is 0.293. The summed E-state index contributed by atoms with van der Waals surface area (Å²) in [4.78, 5) is 14.2. The number of rotatable bonds is 7. The number of alkyl halides is 3. The number of amides is 2. The van der Waals surface area contributed by atoms with Crippen LogP contribution in [0.1, 0.15) is 16.7 Å². The van der Waals surface area contributed by atoms with Crippen molar-refractivity contribution in [1.29, 1.82) is 0 Å². The van der Waals surface area contributed by atoms with Gasteiger partial charge in [-0.05, 0) is 30.7 Å². The molecule has 0 aliphatic heterocycles. The van der Waals surface area contributed by atoms with Gasteiger partial charge in [0.25, 0.3) is 0 Å². The second kappa shape index (κ2) is 8.79. The van der Waals surface area contributed by atoms with Crippen molar-refractivity contribution in [2.24, 2.45) is 0 Å². The van der Waals surface area contributed by atoms with Gasteiger partial charge in [0.1, 0.15) is 0 Å². The first-order valence-electron chi connectivity index (χ1n) is 7.80. The highest BCUT2D eigenvalue weighted by atomic mass is 32.1. The minimum absolute atomic E-state index is 0.103. The van der Waals surface area contributed by atoms with Crippen LogP contribution in [-0.2, 0) is 13.0 Å². The summed E-state index contributed by atoms with van der Waals surface area (Å²) in [6.45, 7) is 0.971. The second-order valence-electron chi connectivity index (χ2n) is 5.30. The van der Waals surface area contributed by atoms with Gasteiger partial charge in [0.2, 0.25) is 0 Å². The number of hydrogen-bond acceptors (Lipinski definition) is 4. The molecule has 26 heavy (non-hydrogen) atoms. The van der Waals surface area contributed by atoms with Crippen molar-refractivity contribution in [3.8, 4) is 11.5 Å². The van der Waals surface area contributed by atoms with E-state index in [1.807, 2.05) is 12.1 Å². The van der Waals surface area contributed by atoms with Crippen LogP contribution >= 0.6 is 11.3 Å². The van der Waals surface area contributed by atoms with Crippen molar-refractivity contribution >= 4 is 23.1 Å². The molecular weight excluding hydrogens is 369 g/mol. The van der Waals surface area contributed by atoms with Crippen molar-refractivity contribution in [3.05, 3.63) is 40.1 Å². The van der Waals surface area contributed by atoms with Gasteiger partial charge < -0.3 is 20.1 Å². The number of thiophene rings is 1. The summed E-state index contributed by atoms with van der Waals surface area (Å²) >= 11 is 1.61. The maximum atomic E-state index is 12.3. The predicted octanol–water partition coefficient (Wildman–Crippen LogP) is 4.58. The average molecular weight is 388 g/mol. The lowest BCUT2D eigenvalue weighted by molar-refractivity contribution is -0.153. The highest BCUT2D eigenvalue weighted by molar-refractivity contribution is 7.11. The van der Waals surface area contributed by atoms with Crippen LogP contribution in [-0.4, -0.2) is 25.9 Å². The molecule has 1 heterocycles. The number of urea groups is 1. The van der Waals surface area contributed by atoms with Gasteiger partial charge in [0, 0.05) is 21.5 Å². The van der Waals surface area contributed by atoms with E-state index >= 15 is 0 Å². The standard InChI is InChI=1S/C17H19F3N2O3S/c1-3-12-5-6-13(26-12)9-21-16(23)22-11-4-7-14(24-2)15(8-11)25-10-17(18,19)20/h4-8H,3,9-10H2,1-2H3,(H2,21,22,23). The molecule has 142 valence electrons. The van der Waals surface area contributed by atoms with E-state index in [2.05, 4.69) is 17.6 Å². The Bertz CT molecular complexity index is 747. The highest BCUT2D eigenvalue weighted by Crippen LogP contribution is 2.31. The molecule has 0 saturated carbocycles. The summed E-state index contributed by atoms with van der Waals surface area (Å²) in [6.07, 6.45) is -3.53. The van der Waals surface area contributed by atoms with Crippen LogP contribution in [0.25, 0.3) is 0 Å². The second-order valence-corrected chi connectivity index (χ2v) is 6.55. The molecule has 0 unspecified atom stereocenters. The first-order valence-corrected chi connectivity index (χ1v) is 8.62. The Balaban J connectivity index is 1.95. The Kier molecular flexibility index (Phi) is 6.73. The molecule has 2 aromatic rings. The third-order valence-electron chi connectivity index (χ3n) is 3.30. The Labute approximate surface area is 153 Å². The van der Waals surface area contributed by atoms with Crippen LogP contribution in [0.5, 0.6) is 11.5 Å². The number of nitrogens with one attached hydrogen (secondary N) is 2. The summed E-state index contributed by atoms with van der Waals surface area (Å²) in [7, 11) is 1.32. The van der Waals surface area contributed by atoms with Gasteiger partial charge in [-0.2, -0.15) is 13.2 Å². The lowest BCUT2D eigenvalue weighted by Crippen LogP contribution is -2.27. The summed E-state index contributed by atoms with van der Waals surface area (Å²) in [5, 5.41) is 5.26. The fourth-order valence-electron chi connectivity index (χ4n) is 2.08. The highest BCUT2D eigenvalue weighted by Gasteiger charge is 2.29. The molecule has 0 spiro atoms. The predicted molar refractivity (Wildman–Crippen MR) is 94.1 cm³/mol. The van der Waals surface area contributed by atoms with E-state index < -0.39 is 18.8 Å². The largest absolute Gasteiger partial charge is 0.493 e. The number of hydrogen-bond donors (Lipinski definition) is 2. The average Bonchev–Trinajstić information content (AvgIpc) is 3.06. The van der Waals surface area contributed by atoms with E-state index in [1.54, 1.807) is 11.3 Å². The molecule has 2 N–H and O–H groups in total. The number of anilines is 1. The Hall–Kier alpha value is -2.42. The van der Waals surface area contributed by atoms with Crippen LogP contribution in [0, 0.1) is 0 Å². The van der Waals surface area contributed by atoms with Gasteiger partial charge >= 0.3 is 12.2 Å². The molecule has 0 bridgehead atoms. The zero-order chi connectivity index (χ0) is 19.2. The number of carbonyl (C=O) groups is 1. The zero-order valence-electron chi connectivity index (χ0n) is 14.3. The van der Waals surface area contributed by atoms with Crippen LogP contribution in [0.3, 0.4) is 0 Å². The van der Waals surface area contributed by atoms with E-state index in [4.69, 9.17) is 9.47 Å². The molecule has 2 amide bonds. The van der Waals surface area contributed by atoms with Crippen molar-refractivity contribution in [2.45, 2.75) is 26.1 Å². The molecule has 0 saturated heterocycles. The topological polar surface area (TPSA) is 59.6 Å². The number of aryl methyl sites for hydroxylation is 1. The maximum absolute atomic E-state index is 12.3. The lowest BCUT2D eigenvalue weighted by atomic mass is 10.2. The Morgan fingerprint density at radius 2 is 1.88 bits per heavy atom. The quantitative estimate of drug-likeness (QED) is 0.730. The summed E-state index contributed by atoms with van der Waals surface area (Å²) < 4.78 is 46.7. The third kappa shape index (κ3) is 6.14. The molecule has 0 aliphatic carbocycles. The molecule has 5 nitrogen and oxygen atoms in total. The number of ether oxygens (including phenoxy) is 2. The SMILES string of the molecule is CCc1ccc(CNC(=O)Nc2ccc(OC)c(OCC(F)(F)F)c2)s1. The molecule has 9 heteroatoms. The first kappa shape index (κ1) is 19.9. The molecule has 2 rings (SSSR count). The number of halogens is 3. The van der Waals surface area contributed by atoms with Gasteiger partial charge in [-0.1, -0.05) is 6.92 Å². The van der Waals surface area contributed by atoms with Crippen LogP contribution in [0.2, 0.25) is 0 Å². The molecule has 0 atom stereocenters. The summed E-state index contributed by atoms with van der Waals surface area (Å²) in [5.74, 6) is 0.0411. The molecular formula is C17H19F3N2O3S. The third-order valence-corrected chi connectivity index (χ3v) is 4.53. The van der Waals surface area contributed by atoms with Crippen molar-refractivity contribution in [3.63, 3.8) is 0 Å². The van der Waals surface area contributed by atoms with Gasteiger partial charge in [-0.15, -0.1) is 11.3 Å². The van der Waals surface area contributed by atoms with E-state index in [-0.39, 0.29) is 11.5 Å². The fraction of sp³-hybridized carbons (Fsp3) is 0.353. The van der Waals surface area contributed by atoms with E-state index in [0.29, 0.717) is 12.2 Å². The minimum Gasteiger partial charge on any atom is -0.493 e. The Morgan fingerprint density at radius 3 is 2.50 bits per heavy atom. The van der Waals surface area contributed by atoms with Crippen molar-refractivity contribution in [2.75, 3.05) is 19.0 Å². The molecule has 1 aromatic carbocycles. The van der Waals surface area contributed by atoms with Crippen molar-refractivity contribution < 1.29 is 27.4 Å². The maximum Gasteiger partial charge on any atom is 0.422 e. The minimum atomic E-state index is -4.47. The van der Waals surface area contributed by atoms with Crippen LogP contribution in [0.15, 0.2) is 30.3 Å². The van der Waals surface area contributed by atoms with Gasteiger partial charge in [-0.25, -0.2) is 4.79 Å². The van der Waals surface area contributed by atoms with Gasteiger partial charge in [0.15, 0.2) is 18.1 Å². The number of methoxy groups -OCH3 is 1.